The second kappa shape index (κ2) is 7.31. The Labute approximate surface area is 122 Å². The first-order valence-corrected chi connectivity index (χ1v) is 8.67. The van der Waals surface area contributed by atoms with Crippen LogP contribution in [-0.4, -0.2) is 20.8 Å². The fourth-order valence-electron chi connectivity index (χ4n) is 1.69. The van der Waals surface area contributed by atoms with E-state index in [1.165, 1.54) is 18.2 Å². The highest BCUT2D eigenvalue weighted by molar-refractivity contribution is 8.13. The number of hydrogen-bond acceptors (Lipinski definition) is 3. The van der Waals surface area contributed by atoms with Gasteiger partial charge in [0.25, 0.3) is 0 Å². The summed E-state index contributed by atoms with van der Waals surface area (Å²) in [6.07, 6.45) is 1.48. The molecule has 0 radical (unpaired) electrons. The van der Waals surface area contributed by atoms with E-state index in [-0.39, 0.29) is 23.3 Å². The molecule has 0 aromatic heterocycles. The molecule has 1 aromatic carbocycles. The minimum absolute atomic E-state index is 0.0146. The van der Waals surface area contributed by atoms with Crippen LogP contribution in [0.2, 0.25) is 5.02 Å². The summed E-state index contributed by atoms with van der Waals surface area (Å²) in [5.74, 6) is -0.629. The molecule has 1 rings (SSSR count). The zero-order chi connectivity index (χ0) is 14.5. The lowest BCUT2D eigenvalue weighted by Gasteiger charge is -2.15. The lowest BCUT2D eigenvalue weighted by atomic mass is 10.1. The molecule has 0 N–H and O–H groups in total. The van der Waals surface area contributed by atoms with Gasteiger partial charge in [0.1, 0.15) is 11.6 Å². The van der Waals surface area contributed by atoms with Gasteiger partial charge in [-0.1, -0.05) is 24.9 Å². The Balaban J connectivity index is 2.62. The van der Waals surface area contributed by atoms with Crippen LogP contribution in [-0.2, 0) is 9.05 Å². The first-order valence-electron chi connectivity index (χ1n) is 5.82. The van der Waals surface area contributed by atoms with Crippen molar-refractivity contribution in [3.8, 4) is 5.75 Å². The third-order valence-corrected chi connectivity index (χ3v) is 4.06. The van der Waals surface area contributed by atoms with Crippen LogP contribution in [0.1, 0.15) is 19.8 Å². The van der Waals surface area contributed by atoms with E-state index in [1.54, 1.807) is 0 Å². The molecule has 3 nitrogen and oxygen atoms in total. The van der Waals surface area contributed by atoms with Gasteiger partial charge in [-0.3, -0.25) is 0 Å². The molecule has 1 unspecified atom stereocenters. The van der Waals surface area contributed by atoms with Crippen LogP contribution in [0.3, 0.4) is 0 Å². The highest BCUT2D eigenvalue weighted by Crippen LogP contribution is 2.22. The molecule has 0 saturated heterocycles. The third kappa shape index (κ3) is 6.45. The zero-order valence-electron chi connectivity index (χ0n) is 10.4. The number of ether oxygens (including phenoxy) is 1. The molecule has 0 spiro atoms. The van der Waals surface area contributed by atoms with Gasteiger partial charge < -0.3 is 4.74 Å². The SMILES string of the molecule is CCCC(COc1ccc(Cl)c(F)c1)CS(=O)(=O)Cl. The van der Waals surface area contributed by atoms with Gasteiger partial charge in [0.05, 0.1) is 17.4 Å². The summed E-state index contributed by atoms with van der Waals surface area (Å²) in [6.45, 7) is 2.11. The van der Waals surface area contributed by atoms with E-state index < -0.39 is 14.9 Å². The topological polar surface area (TPSA) is 43.4 Å². The molecule has 0 fully saturated rings. The Hall–Kier alpha value is -0.520. The van der Waals surface area contributed by atoms with Crippen LogP contribution in [0, 0.1) is 11.7 Å². The number of rotatable bonds is 7. The molecule has 0 heterocycles. The highest BCUT2D eigenvalue weighted by Gasteiger charge is 2.17. The van der Waals surface area contributed by atoms with Crippen molar-refractivity contribution in [3.63, 3.8) is 0 Å². The minimum atomic E-state index is -3.57. The number of hydrogen-bond donors (Lipinski definition) is 0. The van der Waals surface area contributed by atoms with Crippen molar-refractivity contribution in [2.75, 3.05) is 12.4 Å². The Morgan fingerprint density at radius 3 is 2.63 bits per heavy atom. The van der Waals surface area contributed by atoms with E-state index >= 15 is 0 Å². The van der Waals surface area contributed by atoms with Crippen molar-refractivity contribution in [1.29, 1.82) is 0 Å². The zero-order valence-corrected chi connectivity index (χ0v) is 12.7. The van der Waals surface area contributed by atoms with E-state index in [9.17, 15) is 12.8 Å². The van der Waals surface area contributed by atoms with Crippen molar-refractivity contribution in [2.45, 2.75) is 19.8 Å². The van der Waals surface area contributed by atoms with Gasteiger partial charge >= 0.3 is 0 Å². The molecule has 108 valence electrons. The van der Waals surface area contributed by atoms with Crippen molar-refractivity contribution >= 4 is 31.3 Å². The molecule has 0 aliphatic carbocycles. The fourth-order valence-corrected chi connectivity index (χ4v) is 3.16. The largest absolute Gasteiger partial charge is 0.493 e. The molecule has 7 heteroatoms. The van der Waals surface area contributed by atoms with Crippen molar-refractivity contribution in [3.05, 3.63) is 29.0 Å². The lowest BCUT2D eigenvalue weighted by Crippen LogP contribution is -2.19. The molecule has 1 atom stereocenters. The summed E-state index contributed by atoms with van der Waals surface area (Å²) in [5.41, 5.74) is 0. The normalized spacial score (nSPS) is 13.3. The van der Waals surface area contributed by atoms with Crippen molar-refractivity contribution in [1.82, 2.24) is 0 Å². The summed E-state index contributed by atoms with van der Waals surface area (Å²) in [6, 6.07) is 4.09. The van der Waals surface area contributed by atoms with Crippen molar-refractivity contribution < 1.29 is 17.5 Å². The maximum atomic E-state index is 13.2. The Morgan fingerprint density at radius 1 is 1.42 bits per heavy atom. The van der Waals surface area contributed by atoms with Crippen LogP contribution in [0.15, 0.2) is 18.2 Å². The number of halogens is 3. The molecular weight excluding hydrogens is 314 g/mol. The van der Waals surface area contributed by atoms with E-state index in [4.69, 9.17) is 27.0 Å². The van der Waals surface area contributed by atoms with Crippen LogP contribution >= 0.6 is 22.3 Å². The molecule has 19 heavy (non-hydrogen) atoms. The van der Waals surface area contributed by atoms with E-state index in [0.717, 1.165) is 6.42 Å². The van der Waals surface area contributed by atoms with Gasteiger partial charge in [-0.25, -0.2) is 12.8 Å². The van der Waals surface area contributed by atoms with E-state index in [0.29, 0.717) is 12.2 Å². The van der Waals surface area contributed by atoms with Gasteiger partial charge in [-0.15, -0.1) is 0 Å². The molecule has 1 aromatic rings. The smallest absolute Gasteiger partial charge is 0.232 e. The maximum absolute atomic E-state index is 13.2. The highest BCUT2D eigenvalue weighted by atomic mass is 35.7. The quantitative estimate of drug-likeness (QED) is 0.714. The van der Waals surface area contributed by atoms with Crippen LogP contribution in [0.5, 0.6) is 5.75 Å². The monoisotopic (exact) mass is 328 g/mol. The molecular formula is C12H15Cl2FO3S. The van der Waals surface area contributed by atoms with Crippen molar-refractivity contribution in [2.24, 2.45) is 5.92 Å². The summed E-state index contributed by atoms with van der Waals surface area (Å²) in [5, 5.41) is 0.0146. The van der Waals surface area contributed by atoms with E-state index in [2.05, 4.69) is 0 Å². The summed E-state index contributed by atoms with van der Waals surface area (Å²) in [7, 11) is 1.66. The summed E-state index contributed by atoms with van der Waals surface area (Å²) < 4.78 is 40.7. The van der Waals surface area contributed by atoms with Gasteiger partial charge in [-0.05, 0) is 18.6 Å². The van der Waals surface area contributed by atoms with Crippen LogP contribution in [0.25, 0.3) is 0 Å². The molecule has 0 saturated carbocycles. The molecule has 0 aliphatic heterocycles. The van der Waals surface area contributed by atoms with Gasteiger partial charge in [0.2, 0.25) is 9.05 Å². The second-order valence-electron chi connectivity index (χ2n) is 4.25. The van der Waals surface area contributed by atoms with Gasteiger partial charge in [0.15, 0.2) is 0 Å². The first-order chi connectivity index (χ1) is 8.81. The fraction of sp³-hybridized carbons (Fsp3) is 0.500. The lowest BCUT2D eigenvalue weighted by molar-refractivity contribution is 0.252. The molecule has 0 amide bonds. The summed E-state index contributed by atoms with van der Waals surface area (Å²) >= 11 is 5.55. The predicted molar refractivity (Wildman–Crippen MR) is 74.9 cm³/mol. The van der Waals surface area contributed by atoms with Crippen LogP contribution < -0.4 is 4.74 Å². The third-order valence-electron chi connectivity index (χ3n) is 2.51. The Morgan fingerprint density at radius 2 is 2.11 bits per heavy atom. The van der Waals surface area contributed by atoms with E-state index in [1.807, 2.05) is 6.92 Å². The maximum Gasteiger partial charge on any atom is 0.232 e. The van der Waals surface area contributed by atoms with Crippen LogP contribution in [0.4, 0.5) is 4.39 Å². The number of benzene rings is 1. The molecule has 0 aliphatic rings. The minimum Gasteiger partial charge on any atom is -0.493 e. The summed E-state index contributed by atoms with van der Waals surface area (Å²) in [4.78, 5) is 0. The average Bonchev–Trinajstić information content (AvgIpc) is 2.29. The standard InChI is InChI=1S/C12H15Cl2FO3S/c1-2-3-9(8-19(14,16)17)7-18-10-4-5-11(13)12(15)6-10/h4-6,9H,2-3,7-8H2,1H3. The molecule has 0 bridgehead atoms. The average molecular weight is 329 g/mol. The Bertz CT molecular complexity index is 520. The van der Waals surface area contributed by atoms with Gasteiger partial charge in [-0.2, -0.15) is 0 Å². The Kier molecular flexibility index (Phi) is 6.36. The predicted octanol–water partition coefficient (Wildman–Crippen LogP) is 3.84. The second-order valence-corrected chi connectivity index (χ2v) is 7.48. The first kappa shape index (κ1) is 16.5. The van der Waals surface area contributed by atoms with Gasteiger partial charge in [0, 0.05) is 22.7 Å².